The molecule has 6 nitrogen and oxygen atoms in total. The fourth-order valence-corrected chi connectivity index (χ4v) is 0.890. The Morgan fingerprint density at radius 2 is 2.29 bits per heavy atom. The van der Waals surface area contributed by atoms with Crippen molar-refractivity contribution >= 4 is 17.6 Å². The van der Waals surface area contributed by atoms with Crippen molar-refractivity contribution in [2.24, 2.45) is 0 Å². The molecule has 0 bridgehead atoms. The molecule has 1 rings (SSSR count). The van der Waals surface area contributed by atoms with Gasteiger partial charge in [0.15, 0.2) is 0 Å². The van der Waals surface area contributed by atoms with Gasteiger partial charge in [0.25, 0.3) is 0 Å². The second-order valence-corrected chi connectivity index (χ2v) is 2.71. The summed E-state index contributed by atoms with van der Waals surface area (Å²) in [5, 5.41) is 14.2. The van der Waals surface area contributed by atoms with Crippen molar-refractivity contribution in [1.29, 1.82) is 0 Å². The number of carbonyl (C=O) groups is 2. The van der Waals surface area contributed by atoms with E-state index in [2.05, 4.69) is 15.0 Å². The molecule has 0 aliphatic rings. The number of carbonyl (C=O) groups excluding carboxylic acids is 1. The summed E-state index contributed by atoms with van der Waals surface area (Å²) in [5.74, 6) is -1.14. The van der Waals surface area contributed by atoms with E-state index in [-0.39, 0.29) is 18.7 Å². The van der Waals surface area contributed by atoms with Gasteiger partial charge >= 0.3 is 5.97 Å². The zero-order chi connectivity index (χ0) is 10.4. The van der Waals surface area contributed by atoms with Crippen molar-refractivity contribution in [2.75, 3.05) is 5.32 Å². The molecule has 1 amide bonds. The molecule has 1 heterocycles. The summed E-state index contributed by atoms with van der Waals surface area (Å²) >= 11 is 0. The average molecular weight is 198 g/mol. The van der Waals surface area contributed by atoms with E-state index in [1.54, 1.807) is 0 Å². The van der Waals surface area contributed by atoms with E-state index in [0.29, 0.717) is 12.1 Å². The third kappa shape index (κ3) is 3.70. The van der Waals surface area contributed by atoms with Gasteiger partial charge in [-0.15, -0.1) is 0 Å². The number of carboxylic acid groups (broad SMARTS) is 1. The van der Waals surface area contributed by atoms with Gasteiger partial charge < -0.3 is 14.9 Å². The Morgan fingerprint density at radius 3 is 2.86 bits per heavy atom. The second kappa shape index (κ2) is 5.00. The molecule has 0 spiro atoms. The van der Waals surface area contributed by atoms with E-state index < -0.39 is 5.97 Å². The minimum Gasteiger partial charge on any atom is -0.481 e. The Bertz CT molecular complexity index is 307. The van der Waals surface area contributed by atoms with Crippen LogP contribution in [0.4, 0.5) is 5.69 Å². The third-order valence-electron chi connectivity index (χ3n) is 1.51. The Kier molecular flexibility index (Phi) is 3.66. The fraction of sp³-hybridized carbons (Fsp3) is 0.375. The molecule has 0 unspecified atom stereocenters. The molecule has 0 aromatic carbocycles. The van der Waals surface area contributed by atoms with Crippen LogP contribution in [0.3, 0.4) is 0 Å². The molecule has 0 aliphatic carbocycles. The number of carboxylic acids is 1. The molecule has 1 aromatic rings. The molecule has 0 fully saturated rings. The van der Waals surface area contributed by atoms with Crippen LogP contribution in [0.25, 0.3) is 0 Å². The van der Waals surface area contributed by atoms with Crippen LogP contribution in [0.15, 0.2) is 17.0 Å². The van der Waals surface area contributed by atoms with Crippen LogP contribution in [0.1, 0.15) is 19.3 Å². The van der Waals surface area contributed by atoms with Crippen LogP contribution in [0.5, 0.6) is 0 Å². The lowest BCUT2D eigenvalue weighted by Crippen LogP contribution is -2.11. The smallest absolute Gasteiger partial charge is 0.303 e. The molecule has 6 heteroatoms. The number of nitrogens with zero attached hydrogens (tertiary/aromatic N) is 1. The van der Waals surface area contributed by atoms with Gasteiger partial charge in [-0.05, 0) is 6.42 Å². The average Bonchev–Trinajstić information content (AvgIpc) is 2.56. The number of amides is 1. The molecule has 76 valence electrons. The van der Waals surface area contributed by atoms with Crippen LogP contribution in [0, 0.1) is 0 Å². The summed E-state index contributed by atoms with van der Waals surface area (Å²) in [6, 6.07) is 0. The number of anilines is 1. The first-order valence-electron chi connectivity index (χ1n) is 4.09. The first-order chi connectivity index (χ1) is 6.68. The fourth-order valence-electron chi connectivity index (χ4n) is 0.890. The molecule has 0 radical (unpaired) electrons. The summed E-state index contributed by atoms with van der Waals surface area (Å²) in [5.41, 5.74) is 0.477. The highest BCUT2D eigenvalue weighted by Crippen LogP contribution is 2.05. The minimum absolute atomic E-state index is 0.00292. The van der Waals surface area contributed by atoms with E-state index in [1.807, 2.05) is 0 Å². The van der Waals surface area contributed by atoms with E-state index in [0.717, 1.165) is 0 Å². The molecule has 14 heavy (non-hydrogen) atoms. The van der Waals surface area contributed by atoms with Gasteiger partial charge in [0.05, 0.1) is 6.20 Å². The standard InChI is InChI=1S/C8H10N2O4/c11-7(2-1-3-8(12)13)10-6-4-9-14-5-6/h4-5H,1-3H2,(H,10,11)(H,12,13). The first kappa shape index (κ1) is 10.2. The lowest BCUT2D eigenvalue weighted by Gasteiger charge is -1.99. The third-order valence-corrected chi connectivity index (χ3v) is 1.51. The SMILES string of the molecule is O=C(O)CCCC(=O)Nc1cnoc1. The van der Waals surface area contributed by atoms with E-state index >= 15 is 0 Å². The van der Waals surface area contributed by atoms with E-state index in [4.69, 9.17) is 5.11 Å². The van der Waals surface area contributed by atoms with Crippen molar-refractivity contribution in [3.8, 4) is 0 Å². The summed E-state index contributed by atoms with van der Waals surface area (Å²) in [7, 11) is 0. The maximum Gasteiger partial charge on any atom is 0.303 e. The van der Waals surface area contributed by atoms with Crippen molar-refractivity contribution < 1.29 is 19.2 Å². The van der Waals surface area contributed by atoms with Crippen LogP contribution in [0.2, 0.25) is 0 Å². The summed E-state index contributed by atoms with van der Waals surface area (Å²) in [6.07, 6.45) is 3.17. The highest BCUT2D eigenvalue weighted by Gasteiger charge is 2.05. The van der Waals surface area contributed by atoms with Crippen LogP contribution >= 0.6 is 0 Å². The van der Waals surface area contributed by atoms with Gasteiger partial charge in [0.1, 0.15) is 12.0 Å². The Morgan fingerprint density at radius 1 is 1.50 bits per heavy atom. The number of nitrogens with one attached hydrogen (secondary N) is 1. The maximum absolute atomic E-state index is 11.1. The molecule has 0 saturated carbocycles. The maximum atomic E-state index is 11.1. The van der Waals surface area contributed by atoms with Gasteiger partial charge in [-0.1, -0.05) is 5.16 Å². The Balaban J connectivity index is 2.20. The van der Waals surface area contributed by atoms with Crippen molar-refractivity contribution in [1.82, 2.24) is 5.16 Å². The van der Waals surface area contributed by atoms with Crippen LogP contribution in [-0.2, 0) is 9.59 Å². The lowest BCUT2D eigenvalue weighted by atomic mass is 10.2. The first-order valence-corrected chi connectivity index (χ1v) is 4.09. The highest BCUT2D eigenvalue weighted by atomic mass is 16.5. The van der Waals surface area contributed by atoms with Crippen molar-refractivity contribution in [3.63, 3.8) is 0 Å². The van der Waals surface area contributed by atoms with Gasteiger partial charge in [0.2, 0.25) is 5.91 Å². The molecular weight excluding hydrogens is 188 g/mol. The van der Waals surface area contributed by atoms with Crippen LogP contribution < -0.4 is 5.32 Å². The monoisotopic (exact) mass is 198 g/mol. The molecular formula is C8H10N2O4. The quantitative estimate of drug-likeness (QED) is 0.732. The molecule has 2 N–H and O–H groups in total. The summed E-state index contributed by atoms with van der Waals surface area (Å²) in [6.45, 7) is 0. The Hall–Kier alpha value is -1.85. The number of hydrogen-bond acceptors (Lipinski definition) is 4. The zero-order valence-corrected chi connectivity index (χ0v) is 7.40. The predicted molar refractivity (Wildman–Crippen MR) is 46.6 cm³/mol. The molecule has 0 saturated heterocycles. The van der Waals surface area contributed by atoms with Gasteiger partial charge in [-0.2, -0.15) is 0 Å². The second-order valence-electron chi connectivity index (χ2n) is 2.71. The zero-order valence-electron chi connectivity index (χ0n) is 7.40. The Labute approximate surface area is 79.9 Å². The lowest BCUT2D eigenvalue weighted by molar-refractivity contribution is -0.137. The largest absolute Gasteiger partial charge is 0.481 e. The molecule has 0 atom stereocenters. The molecule has 0 aliphatic heterocycles. The summed E-state index contributed by atoms with van der Waals surface area (Å²) < 4.78 is 4.50. The van der Waals surface area contributed by atoms with Gasteiger partial charge in [-0.25, -0.2) is 0 Å². The van der Waals surface area contributed by atoms with E-state index in [1.165, 1.54) is 12.5 Å². The molecule has 1 aromatic heterocycles. The van der Waals surface area contributed by atoms with Crippen molar-refractivity contribution in [2.45, 2.75) is 19.3 Å². The topological polar surface area (TPSA) is 92.4 Å². The van der Waals surface area contributed by atoms with Gasteiger partial charge in [0, 0.05) is 12.8 Å². The highest BCUT2D eigenvalue weighted by molar-refractivity contribution is 5.90. The van der Waals surface area contributed by atoms with Crippen molar-refractivity contribution in [3.05, 3.63) is 12.5 Å². The number of rotatable bonds is 5. The van der Waals surface area contributed by atoms with Gasteiger partial charge in [-0.3, -0.25) is 9.59 Å². The number of aromatic nitrogens is 1. The van der Waals surface area contributed by atoms with Crippen LogP contribution in [-0.4, -0.2) is 22.1 Å². The van der Waals surface area contributed by atoms with E-state index in [9.17, 15) is 9.59 Å². The predicted octanol–water partition coefficient (Wildman–Crippen LogP) is 0.868. The number of aliphatic carboxylic acids is 1. The number of hydrogen-bond donors (Lipinski definition) is 2. The normalized spacial score (nSPS) is 9.71. The minimum atomic E-state index is -0.900. The summed E-state index contributed by atoms with van der Waals surface area (Å²) in [4.78, 5) is 21.3.